The predicted molar refractivity (Wildman–Crippen MR) is 67.4 cm³/mol. The van der Waals surface area contributed by atoms with E-state index in [2.05, 4.69) is 29.2 Å². The molecule has 4 nitrogen and oxygen atoms in total. The van der Waals surface area contributed by atoms with Crippen molar-refractivity contribution < 1.29 is 0 Å². The van der Waals surface area contributed by atoms with Gasteiger partial charge in [-0.1, -0.05) is 0 Å². The quantitative estimate of drug-likeness (QED) is 0.873. The molecule has 0 fully saturated rings. The lowest BCUT2D eigenvalue weighted by molar-refractivity contribution is 0.572. The summed E-state index contributed by atoms with van der Waals surface area (Å²) < 4.78 is 1.90. The minimum atomic E-state index is 0.317. The van der Waals surface area contributed by atoms with Crippen LogP contribution < -0.4 is 5.32 Å². The molecular weight excluding hydrogens is 212 g/mol. The predicted octanol–water partition coefficient (Wildman–Crippen LogP) is 1.97. The van der Waals surface area contributed by atoms with E-state index < -0.39 is 0 Å². The third-order valence-electron chi connectivity index (χ3n) is 3.14. The molecule has 90 valence electrons. The van der Waals surface area contributed by atoms with Gasteiger partial charge < -0.3 is 5.32 Å². The van der Waals surface area contributed by atoms with Crippen molar-refractivity contribution in [3.63, 3.8) is 0 Å². The number of aryl methyl sites for hydroxylation is 1. The fourth-order valence-corrected chi connectivity index (χ4v) is 1.75. The van der Waals surface area contributed by atoms with E-state index in [0.29, 0.717) is 6.04 Å². The minimum Gasteiger partial charge on any atom is -0.306 e. The molecule has 4 heteroatoms. The van der Waals surface area contributed by atoms with Gasteiger partial charge in [-0.05, 0) is 31.5 Å². The number of nitrogens with zero attached hydrogens (tertiary/aromatic N) is 3. The summed E-state index contributed by atoms with van der Waals surface area (Å²) in [6.07, 6.45) is 5.56. The zero-order valence-corrected chi connectivity index (χ0v) is 10.5. The first-order valence-electron chi connectivity index (χ1n) is 5.79. The Morgan fingerprint density at radius 1 is 1.35 bits per heavy atom. The molecular formula is C13H18N4. The summed E-state index contributed by atoms with van der Waals surface area (Å²) in [5.74, 6) is 0. The normalized spacial score (nSPS) is 12.6. The van der Waals surface area contributed by atoms with Crippen molar-refractivity contribution in [1.82, 2.24) is 20.1 Å². The van der Waals surface area contributed by atoms with E-state index >= 15 is 0 Å². The highest BCUT2D eigenvalue weighted by molar-refractivity contribution is 5.17. The van der Waals surface area contributed by atoms with Crippen molar-refractivity contribution >= 4 is 0 Å². The van der Waals surface area contributed by atoms with Crippen LogP contribution in [0.15, 0.2) is 30.7 Å². The molecule has 0 spiro atoms. The van der Waals surface area contributed by atoms with Crippen LogP contribution in [0.5, 0.6) is 0 Å². The lowest BCUT2D eigenvalue weighted by Gasteiger charge is -2.13. The minimum absolute atomic E-state index is 0.317. The first-order chi connectivity index (χ1) is 8.18. The second-order valence-electron chi connectivity index (χ2n) is 4.26. The Balaban J connectivity index is 1.97. The molecule has 0 bridgehead atoms. The Labute approximate surface area is 102 Å². The van der Waals surface area contributed by atoms with Crippen molar-refractivity contribution in [1.29, 1.82) is 0 Å². The Bertz CT molecular complexity index is 475. The van der Waals surface area contributed by atoms with Crippen LogP contribution in [0.1, 0.15) is 29.8 Å². The standard InChI is InChI=1S/C13H18N4/c1-10(12-4-6-14-7-5-12)15-8-13-9-16-17(3)11(13)2/h4-7,9-10,15H,8H2,1-3H3/t10-/m0/s1. The van der Waals surface area contributed by atoms with E-state index in [1.54, 1.807) is 0 Å². The monoisotopic (exact) mass is 230 g/mol. The maximum absolute atomic E-state index is 4.23. The molecule has 1 N–H and O–H groups in total. The van der Waals surface area contributed by atoms with Crippen molar-refractivity contribution in [3.8, 4) is 0 Å². The molecule has 0 unspecified atom stereocenters. The number of hydrogen-bond acceptors (Lipinski definition) is 3. The summed E-state index contributed by atoms with van der Waals surface area (Å²) in [7, 11) is 1.96. The number of aromatic nitrogens is 3. The Kier molecular flexibility index (Phi) is 3.54. The first kappa shape index (κ1) is 11.8. The topological polar surface area (TPSA) is 42.7 Å². The molecule has 2 rings (SSSR count). The molecule has 0 aliphatic heterocycles. The fourth-order valence-electron chi connectivity index (χ4n) is 1.75. The first-order valence-corrected chi connectivity index (χ1v) is 5.79. The average Bonchev–Trinajstić information content (AvgIpc) is 2.68. The van der Waals surface area contributed by atoms with Gasteiger partial charge in [-0.2, -0.15) is 5.10 Å². The second kappa shape index (κ2) is 5.10. The van der Waals surface area contributed by atoms with E-state index in [9.17, 15) is 0 Å². The van der Waals surface area contributed by atoms with Gasteiger partial charge in [0, 0.05) is 43.3 Å². The van der Waals surface area contributed by atoms with E-state index in [1.165, 1.54) is 16.8 Å². The molecule has 0 saturated heterocycles. The summed E-state index contributed by atoms with van der Waals surface area (Å²) in [4.78, 5) is 4.02. The largest absolute Gasteiger partial charge is 0.306 e. The molecule has 17 heavy (non-hydrogen) atoms. The van der Waals surface area contributed by atoms with Crippen LogP contribution >= 0.6 is 0 Å². The van der Waals surface area contributed by atoms with Gasteiger partial charge in [-0.25, -0.2) is 0 Å². The van der Waals surface area contributed by atoms with Crippen LogP contribution in [0.2, 0.25) is 0 Å². The van der Waals surface area contributed by atoms with Gasteiger partial charge in [-0.15, -0.1) is 0 Å². The SMILES string of the molecule is Cc1c(CN[C@@H](C)c2ccncc2)cnn1C. The van der Waals surface area contributed by atoms with Gasteiger partial charge in [0.2, 0.25) is 0 Å². The summed E-state index contributed by atoms with van der Waals surface area (Å²) in [5, 5.41) is 7.72. The van der Waals surface area contributed by atoms with Gasteiger partial charge in [-0.3, -0.25) is 9.67 Å². The summed E-state index contributed by atoms with van der Waals surface area (Å²) >= 11 is 0. The van der Waals surface area contributed by atoms with Gasteiger partial charge in [0.1, 0.15) is 0 Å². The maximum atomic E-state index is 4.23. The molecule has 0 aliphatic carbocycles. The molecule has 1 atom stereocenters. The van der Waals surface area contributed by atoms with Crippen molar-refractivity contribution in [2.45, 2.75) is 26.4 Å². The van der Waals surface area contributed by atoms with E-state index in [-0.39, 0.29) is 0 Å². The van der Waals surface area contributed by atoms with Crippen LogP contribution in [0.3, 0.4) is 0 Å². The average molecular weight is 230 g/mol. The molecule has 0 radical (unpaired) electrons. The van der Waals surface area contributed by atoms with Crippen molar-refractivity contribution in [2.75, 3.05) is 0 Å². The zero-order chi connectivity index (χ0) is 12.3. The highest BCUT2D eigenvalue weighted by atomic mass is 15.3. The van der Waals surface area contributed by atoms with E-state index in [1.807, 2.05) is 42.5 Å². The Morgan fingerprint density at radius 3 is 2.65 bits per heavy atom. The number of pyridine rings is 1. The fraction of sp³-hybridized carbons (Fsp3) is 0.385. The summed E-state index contributed by atoms with van der Waals surface area (Å²) in [5.41, 5.74) is 3.70. The summed E-state index contributed by atoms with van der Waals surface area (Å²) in [6, 6.07) is 4.39. The zero-order valence-electron chi connectivity index (χ0n) is 10.5. The highest BCUT2D eigenvalue weighted by Crippen LogP contribution is 2.12. The van der Waals surface area contributed by atoms with Gasteiger partial charge in [0.25, 0.3) is 0 Å². The maximum Gasteiger partial charge on any atom is 0.0537 e. The van der Waals surface area contributed by atoms with Gasteiger partial charge >= 0.3 is 0 Å². The van der Waals surface area contributed by atoms with Crippen LogP contribution in [0.4, 0.5) is 0 Å². The van der Waals surface area contributed by atoms with Crippen LogP contribution in [-0.2, 0) is 13.6 Å². The molecule has 0 saturated carbocycles. The van der Waals surface area contributed by atoms with Crippen molar-refractivity contribution in [2.24, 2.45) is 7.05 Å². The molecule has 2 aromatic heterocycles. The molecule has 2 heterocycles. The lowest BCUT2D eigenvalue weighted by atomic mass is 10.1. The second-order valence-corrected chi connectivity index (χ2v) is 4.26. The Hall–Kier alpha value is -1.68. The van der Waals surface area contributed by atoms with Gasteiger partial charge in [0.05, 0.1) is 6.20 Å². The third kappa shape index (κ3) is 2.71. The van der Waals surface area contributed by atoms with E-state index in [0.717, 1.165) is 6.54 Å². The molecule has 2 aromatic rings. The van der Waals surface area contributed by atoms with Crippen LogP contribution in [0, 0.1) is 6.92 Å². The third-order valence-corrected chi connectivity index (χ3v) is 3.14. The number of hydrogen-bond donors (Lipinski definition) is 1. The van der Waals surface area contributed by atoms with Crippen molar-refractivity contribution in [3.05, 3.63) is 47.5 Å². The van der Waals surface area contributed by atoms with Crippen LogP contribution in [0.25, 0.3) is 0 Å². The molecule has 0 amide bonds. The highest BCUT2D eigenvalue weighted by Gasteiger charge is 2.07. The van der Waals surface area contributed by atoms with Gasteiger partial charge in [0.15, 0.2) is 0 Å². The number of rotatable bonds is 4. The van der Waals surface area contributed by atoms with E-state index in [4.69, 9.17) is 0 Å². The molecule has 0 aliphatic rings. The Morgan fingerprint density at radius 2 is 2.06 bits per heavy atom. The number of nitrogens with one attached hydrogen (secondary N) is 1. The smallest absolute Gasteiger partial charge is 0.0537 e. The molecule has 0 aromatic carbocycles. The lowest BCUT2D eigenvalue weighted by Crippen LogP contribution is -2.18. The summed E-state index contributed by atoms with van der Waals surface area (Å²) in [6.45, 7) is 5.07. The van der Waals surface area contributed by atoms with Crippen LogP contribution in [-0.4, -0.2) is 14.8 Å².